The Labute approximate surface area is 126 Å². The maximum atomic E-state index is 10.7. The van der Waals surface area contributed by atoms with Crippen LogP contribution in [0, 0.1) is 20.8 Å². The molecule has 21 heavy (non-hydrogen) atoms. The lowest BCUT2D eigenvalue weighted by molar-refractivity contribution is -0.00183. The molecule has 0 aliphatic rings. The first-order valence-electron chi connectivity index (χ1n) is 7.15. The molecule has 1 atom stereocenters. The molecular formula is C18H23NO2. The van der Waals surface area contributed by atoms with Gasteiger partial charge >= 0.3 is 0 Å². The average molecular weight is 285 g/mol. The van der Waals surface area contributed by atoms with E-state index in [1.807, 2.05) is 44.2 Å². The number of ether oxygens (including phenoxy) is 1. The van der Waals surface area contributed by atoms with Crippen molar-refractivity contribution >= 4 is 0 Å². The lowest BCUT2D eigenvalue weighted by Gasteiger charge is -2.28. The van der Waals surface area contributed by atoms with Gasteiger partial charge in [-0.2, -0.15) is 0 Å². The van der Waals surface area contributed by atoms with Gasteiger partial charge in [0, 0.05) is 6.54 Å². The summed E-state index contributed by atoms with van der Waals surface area (Å²) in [6.07, 6.45) is 0. The number of rotatable bonds is 5. The second-order valence-corrected chi connectivity index (χ2v) is 5.62. The van der Waals surface area contributed by atoms with Crippen LogP contribution < -0.4 is 10.5 Å². The first-order valence-corrected chi connectivity index (χ1v) is 7.15. The smallest absolute Gasteiger partial charge is 0.136 e. The van der Waals surface area contributed by atoms with Crippen LogP contribution in [0.5, 0.6) is 5.75 Å². The Kier molecular flexibility index (Phi) is 4.66. The summed E-state index contributed by atoms with van der Waals surface area (Å²) in [7, 11) is 0. The van der Waals surface area contributed by atoms with E-state index >= 15 is 0 Å². The monoisotopic (exact) mass is 285 g/mol. The molecule has 0 heterocycles. The van der Waals surface area contributed by atoms with Crippen LogP contribution in [0.3, 0.4) is 0 Å². The van der Waals surface area contributed by atoms with Crippen molar-refractivity contribution in [2.24, 2.45) is 5.73 Å². The molecule has 0 aliphatic heterocycles. The highest BCUT2D eigenvalue weighted by Crippen LogP contribution is 2.27. The molecule has 0 radical (unpaired) electrons. The number of benzene rings is 2. The standard InChI is InChI=1S/C18H23NO2/c1-13-9-14(2)17(15(3)10-13)21-12-18(20,11-19)16-7-5-4-6-8-16/h4-10,20H,11-12,19H2,1-3H3. The van der Waals surface area contributed by atoms with Crippen LogP contribution in [-0.2, 0) is 5.60 Å². The van der Waals surface area contributed by atoms with Crippen LogP contribution in [0.15, 0.2) is 42.5 Å². The molecule has 1 unspecified atom stereocenters. The molecule has 0 spiro atoms. The van der Waals surface area contributed by atoms with E-state index in [4.69, 9.17) is 10.5 Å². The highest BCUT2D eigenvalue weighted by atomic mass is 16.5. The van der Waals surface area contributed by atoms with Crippen molar-refractivity contribution in [1.29, 1.82) is 0 Å². The van der Waals surface area contributed by atoms with Crippen LogP contribution in [0.4, 0.5) is 0 Å². The van der Waals surface area contributed by atoms with E-state index in [1.165, 1.54) is 5.56 Å². The van der Waals surface area contributed by atoms with Crippen LogP contribution in [0.2, 0.25) is 0 Å². The SMILES string of the molecule is Cc1cc(C)c(OCC(O)(CN)c2ccccc2)c(C)c1. The zero-order chi connectivity index (χ0) is 15.5. The number of nitrogens with two attached hydrogens (primary N) is 1. The molecule has 0 saturated heterocycles. The third kappa shape index (κ3) is 3.43. The Morgan fingerprint density at radius 3 is 2.14 bits per heavy atom. The molecule has 3 heteroatoms. The summed E-state index contributed by atoms with van der Waals surface area (Å²) < 4.78 is 5.90. The first-order chi connectivity index (χ1) is 9.96. The van der Waals surface area contributed by atoms with Gasteiger partial charge < -0.3 is 15.6 Å². The minimum atomic E-state index is -1.18. The van der Waals surface area contributed by atoms with Crippen LogP contribution in [0.25, 0.3) is 0 Å². The molecule has 3 N–H and O–H groups in total. The number of aliphatic hydroxyl groups is 1. The van der Waals surface area contributed by atoms with Crippen molar-refractivity contribution in [2.75, 3.05) is 13.2 Å². The average Bonchev–Trinajstić information content (AvgIpc) is 2.46. The van der Waals surface area contributed by atoms with Crippen molar-refractivity contribution in [1.82, 2.24) is 0 Å². The Hall–Kier alpha value is -1.84. The molecular weight excluding hydrogens is 262 g/mol. The fraction of sp³-hybridized carbons (Fsp3) is 0.333. The zero-order valence-electron chi connectivity index (χ0n) is 12.9. The summed E-state index contributed by atoms with van der Waals surface area (Å²) in [6.45, 7) is 6.34. The van der Waals surface area contributed by atoms with Gasteiger partial charge in [0.15, 0.2) is 0 Å². The quantitative estimate of drug-likeness (QED) is 0.888. The van der Waals surface area contributed by atoms with Crippen molar-refractivity contribution in [2.45, 2.75) is 26.4 Å². The van der Waals surface area contributed by atoms with Crippen LogP contribution >= 0.6 is 0 Å². The van der Waals surface area contributed by atoms with Gasteiger partial charge in [0.25, 0.3) is 0 Å². The summed E-state index contributed by atoms with van der Waals surface area (Å²) in [5, 5.41) is 10.7. The van der Waals surface area contributed by atoms with Gasteiger partial charge in [0.1, 0.15) is 18.0 Å². The largest absolute Gasteiger partial charge is 0.490 e. The van der Waals surface area contributed by atoms with E-state index in [0.717, 1.165) is 22.4 Å². The fourth-order valence-corrected chi connectivity index (χ4v) is 2.59. The van der Waals surface area contributed by atoms with E-state index in [1.54, 1.807) is 0 Å². The third-order valence-corrected chi connectivity index (χ3v) is 3.71. The lowest BCUT2D eigenvalue weighted by atomic mass is 9.95. The van der Waals surface area contributed by atoms with E-state index in [-0.39, 0.29) is 13.2 Å². The zero-order valence-corrected chi connectivity index (χ0v) is 12.9. The summed E-state index contributed by atoms with van der Waals surface area (Å²) >= 11 is 0. The summed E-state index contributed by atoms with van der Waals surface area (Å²) in [4.78, 5) is 0. The maximum absolute atomic E-state index is 10.7. The van der Waals surface area contributed by atoms with Crippen molar-refractivity contribution in [3.05, 3.63) is 64.7 Å². The van der Waals surface area contributed by atoms with Gasteiger partial charge in [-0.1, -0.05) is 48.0 Å². The minimum Gasteiger partial charge on any atom is -0.490 e. The van der Waals surface area contributed by atoms with E-state index in [2.05, 4.69) is 19.1 Å². The van der Waals surface area contributed by atoms with Gasteiger partial charge in [-0.3, -0.25) is 0 Å². The minimum absolute atomic E-state index is 0.112. The molecule has 0 aliphatic carbocycles. The summed E-state index contributed by atoms with van der Waals surface area (Å²) in [5.41, 5.74) is 8.71. The predicted molar refractivity (Wildman–Crippen MR) is 85.5 cm³/mol. The molecule has 2 aromatic carbocycles. The number of hydrogen-bond donors (Lipinski definition) is 2. The third-order valence-electron chi connectivity index (χ3n) is 3.71. The van der Waals surface area contributed by atoms with Crippen molar-refractivity contribution < 1.29 is 9.84 Å². The highest BCUT2D eigenvalue weighted by Gasteiger charge is 2.29. The van der Waals surface area contributed by atoms with E-state index in [0.29, 0.717) is 0 Å². The molecule has 2 rings (SSSR count). The molecule has 0 bridgehead atoms. The molecule has 0 fully saturated rings. The molecule has 3 nitrogen and oxygen atoms in total. The molecule has 0 aromatic heterocycles. The van der Waals surface area contributed by atoms with Gasteiger partial charge in [-0.15, -0.1) is 0 Å². The van der Waals surface area contributed by atoms with Crippen LogP contribution in [-0.4, -0.2) is 18.3 Å². The van der Waals surface area contributed by atoms with Gasteiger partial charge in [-0.25, -0.2) is 0 Å². The lowest BCUT2D eigenvalue weighted by Crippen LogP contribution is -2.40. The van der Waals surface area contributed by atoms with Crippen molar-refractivity contribution in [3.63, 3.8) is 0 Å². The number of aryl methyl sites for hydroxylation is 3. The maximum Gasteiger partial charge on any atom is 0.136 e. The summed E-state index contributed by atoms with van der Waals surface area (Å²) in [6, 6.07) is 13.6. The second-order valence-electron chi connectivity index (χ2n) is 5.62. The van der Waals surface area contributed by atoms with Gasteiger partial charge in [0.2, 0.25) is 0 Å². The Bertz CT molecular complexity index is 587. The first kappa shape index (κ1) is 15.5. The van der Waals surface area contributed by atoms with E-state index < -0.39 is 5.60 Å². The Morgan fingerprint density at radius 1 is 1.05 bits per heavy atom. The normalized spacial score (nSPS) is 13.8. The molecule has 0 saturated carbocycles. The van der Waals surface area contributed by atoms with Crippen molar-refractivity contribution in [3.8, 4) is 5.75 Å². The Balaban J connectivity index is 2.22. The highest BCUT2D eigenvalue weighted by molar-refractivity contribution is 5.43. The second kappa shape index (κ2) is 6.29. The van der Waals surface area contributed by atoms with Gasteiger partial charge in [-0.05, 0) is 37.5 Å². The number of hydrogen-bond acceptors (Lipinski definition) is 3. The van der Waals surface area contributed by atoms with Crippen LogP contribution in [0.1, 0.15) is 22.3 Å². The molecule has 0 amide bonds. The fourth-order valence-electron chi connectivity index (χ4n) is 2.59. The topological polar surface area (TPSA) is 55.5 Å². The Morgan fingerprint density at radius 2 is 1.62 bits per heavy atom. The van der Waals surface area contributed by atoms with E-state index in [9.17, 15) is 5.11 Å². The molecule has 2 aromatic rings. The summed E-state index contributed by atoms with van der Waals surface area (Å²) in [5.74, 6) is 0.823. The van der Waals surface area contributed by atoms with Gasteiger partial charge in [0.05, 0.1) is 0 Å². The predicted octanol–water partition coefficient (Wildman–Crippen LogP) is 2.84. The molecule has 112 valence electrons.